The highest BCUT2D eigenvalue weighted by atomic mass is 19.1. The number of nitrogens with zero attached hydrogens (tertiary/aromatic N) is 2. The van der Waals surface area contributed by atoms with Crippen LogP contribution in [0.4, 0.5) is 4.39 Å². The molecule has 1 aromatic heterocycles. The second-order valence-corrected chi connectivity index (χ2v) is 2.05. The molecule has 0 aliphatic rings. The van der Waals surface area contributed by atoms with Crippen molar-refractivity contribution in [3.05, 3.63) is 27.9 Å². The fourth-order valence-corrected chi connectivity index (χ4v) is 0.631. The highest BCUT2D eigenvalue weighted by Crippen LogP contribution is 1.94. The van der Waals surface area contributed by atoms with E-state index in [4.69, 9.17) is 0 Å². The standard InChI is InChI=1S/C6H7FN2O/c1-4-5(7)3-8-9(2)6(4)10/h3H,1-2H3. The molecule has 1 heterocycles. The first-order chi connectivity index (χ1) is 4.63. The first kappa shape index (κ1) is 6.92. The normalized spacial score (nSPS) is 9.90. The van der Waals surface area contributed by atoms with Crippen LogP contribution < -0.4 is 5.56 Å². The molecule has 1 rings (SSSR count). The summed E-state index contributed by atoms with van der Waals surface area (Å²) in [7, 11) is 1.48. The van der Waals surface area contributed by atoms with Crippen molar-refractivity contribution in [1.29, 1.82) is 0 Å². The van der Waals surface area contributed by atoms with Crippen LogP contribution >= 0.6 is 0 Å². The lowest BCUT2D eigenvalue weighted by Gasteiger charge is -1.96. The number of aryl methyl sites for hydroxylation is 1. The highest BCUT2D eigenvalue weighted by Gasteiger charge is 2.01. The van der Waals surface area contributed by atoms with Gasteiger partial charge in [0.1, 0.15) is 0 Å². The lowest BCUT2D eigenvalue weighted by Crippen LogP contribution is -2.22. The first-order valence-electron chi connectivity index (χ1n) is 2.81. The van der Waals surface area contributed by atoms with Gasteiger partial charge in [-0.1, -0.05) is 0 Å². The van der Waals surface area contributed by atoms with E-state index in [0.29, 0.717) is 0 Å². The van der Waals surface area contributed by atoms with E-state index in [-0.39, 0.29) is 11.1 Å². The second kappa shape index (κ2) is 2.21. The lowest BCUT2D eigenvalue weighted by atomic mass is 10.3. The van der Waals surface area contributed by atoms with Crippen LogP contribution in [0.5, 0.6) is 0 Å². The summed E-state index contributed by atoms with van der Waals surface area (Å²) < 4.78 is 13.6. The fourth-order valence-electron chi connectivity index (χ4n) is 0.631. The number of halogens is 1. The summed E-state index contributed by atoms with van der Waals surface area (Å²) in [6.07, 6.45) is 1.02. The van der Waals surface area contributed by atoms with Crippen molar-refractivity contribution < 1.29 is 4.39 Å². The molecule has 0 amide bonds. The Hall–Kier alpha value is -1.19. The van der Waals surface area contributed by atoms with Gasteiger partial charge in [-0.15, -0.1) is 0 Å². The molecule has 54 valence electrons. The highest BCUT2D eigenvalue weighted by molar-refractivity contribution is 5.06. The van der Waals surface area contributed by atoms with E-state index in [1.165, 1.54) is 14.0 Å². The molecule has 0 spiro atoms. The monoisotopic (exact) mass is 142 g/mol. The molecule has 0 aliphatic carbocycles. The van der Waals surface area contributed by atoms with Crippen molar-refractivity contribution in [3.63, 3.8) is 0 Å². The van der Waals surface area contributed by atoms with Crippen molar-refractivity contribution in [3.8, 4) is 0 Å². The summed E-state index contributed by atoms with van der Waals surface area (Å²) in [5.41, 5.74) is -0.280. The summed E-state index contributed by atoms with van der Waals surface area (Å²) in [6.45, 7) is 1.43. The smallest absolute Gasteiger partial charge is 0.267 e. The van der Waals surface area contributed by atoms with Crippen LogP contribution in [0.3, 0.4) is 0 Å². The maximum Gasteiger partial charge on any atom is 0.272 e. The molecular formula is C6H7FN2O. The quantitative estimate of drug-likeness (QED) is 0.519. The van der Waals surface area contributed by atoms with Gasteiger partial charge in [-0.05, 0) is 6.92 Å². The van der Waals surface area contributed by atoms with Crippen molar-refractivity contribution >= 4 is 0 Å². The molecule has 3 nitrogen and oxygen atoms in total. The van der Waals surface area contributed by atoms with Gasteiger partial charge in [-0.25, -0.2) is 9.07 Å². The summed E-state index contributed by atoms with van der Waals surface area (Å²) in [4.78, 5) is 10.8. The van der Waals surface area contributed by atoms with E-state index in [0.717, 1.165) is 10.9 Å². The number of hydrogen-bond donors (Lipinski definition) is 0. The molecule has 0 radical (unpaired) electrons. The summed E-state index contributed by atoms with van der Waals surface area (Å²) in [6, 6.07) is 0. The van der Waals surface area contributed by atoms with Gasteiger partial charge in [-0.3, -0.25) is 4.79 Å². The molecule has 1 aromatic rings. The van der Waals surface area contributed by atoms with Crippen LogP contribution in [0.1, 0.15) is 5.56 Å². The predicted molar refractivity (Wildman–Crippen MR) is 34.2 cm³/mol. The minimum absolute atomic E-state index is 0.109. The van der Waals surface area contributed by atoms with Crippen LogP contribution in [-0.4, -0.2) is 9.78 Å². The molecule has 0 atom stereocenters. The van der Waals surface area contributed by atoms with Gasteiger partial charge >= 0.3 is 0 Å². The Morgan fingerprint density at radius 3 is 2.80 bits per heavy atom. The van der Waals surface area contributed by atoms with Gasteiger partial charge in [0, 0.05) is 7.05 Å². The fraction of sp³-hybridized carbons (Fsp3) is 0.333. The van der Waals surface area contributed by atoms with Gasteiger partial charge in [0.05, 0.1) is 11.8 Å². The SMILES string of the molecule is Cc1c(F)cnn(C)c1=O. The van der Waals surface area contributed by atoms with Crippen molar-refractivity contribution in [2.24, 2.45) is 7.05 Å². The van der Waals surface area contributed by atoms with Gasteiger partial charge < -0.3 is 0 Å². The lowest BCUT2D eigenvalue weighted by molar-refractivity contribution is 0.574. The maximum absolute atomic E-state index is 12.5. The average molecular weight is 142 g/mol. The van der Waals surface area contributed by atoms with E-state index in [2.05, 4.69) is 5.10 Å². The molecule has 0 saturated carbocycles. The van der Waals surface area contributed by atoms with Gasteiger partial charge in [-0.2, -0.15) is 5.10 Å². The Morgan fingerprint density at radius 1 is 1.70 bits per heavy atom. The molecule has 0 aliphatic heterocycles. The number of hydrogen-bond acceptors (Lipinski definition) is 2. The Kier molecular flexibility index (Phi) is 1.53. The maximum atomic E-state index is 12.5. The molecule has 0 N–H and O–H groups in total. The van der Waals surface area contributed by atoms with E-state index in [9.17, 15) is 9.18 Å². The minimum Gasteiger partial charge on any atom is -0.267 e. The Bertz CT molecular complexity index is 305. The van der Waals surface area contributed by atoms with Crippen molar-refractivity contribution in [2.45, 2.75) is 6.92 Å². The summed E-state index contributed by atoms with van der Waals surface area (Å²) in [5, 5.41) is 3.47. The zero-order valence-electron chi connectivity index (χ0n) is 5.76. The molecule has 0 saturated heterocycles. The molecule has 0 unspecified atom stereocenters. The molecule has 10 heavy (non-hydrogen) atoms. The Labute approximate surface area is 57.1 Å². The van der Waals surface area contributed by atoms with Gasteiger partial charge in [0.2, 0.25) is 0 Å². The Balaban J connectivity index is 3.50. The molecule has 0 aromatic carbocycles. The van der Waals surface area contributed by atoms with Gasteiger partial charge in [0.15, 0.2) is 5.82 Å². The first-order valence-corrected chi connectivity index (χ1v) is 2.81. The molecule has 0 bridgehead atoms. The van der Waals surface area contributed by atoms with Crippen LogP contribution in [0.2, 0.25) is 0 Å². The van der Waals surface area contributed by atoms with Crippen molar-refractivity contribution in [2.75, 3.05) is 0 Å². The van der Waals surface area contributed by atoms with Crippen LogP contribution in [-0.2, 0) is 7.05 Å². The summed E-state index contributed by atoms with van der Waals surface area (Å²) >= 11 is 0. The van der Waals surface area contributed by atoms with E-state index < -0.39 is 5.82 Å². The molecular weight excluding hydrogens is 135 g/mol. The Morgan fingerprint density at radius 2 is 2.30 bits per heavy atom. The molecule has 0 fully saturated rings. The largest absolute Gasteiger partial charge is 0.272 e. The van der Waals surface area contributed by atoms with Crippen LogP contribution in [0, 0.1) is 12.7 Å². The van der Waals surface area contributed by atoms with Crippen LogP contribution in [0.15, 0.2) is 11.0 Å². The third kappa shape index (κ3) is 0.920. The predicted octanol–water partition coefficient (Wildman–Crippen LogP) is 0.228. The molecule has 4 heteroatoms. The van der Waals surface area contributed by atoms with Crippen molar-refractivity contribution in [1.82, 2.24) is 9.78 Å². The third-order valence-electron chi connectivity index (χ3n) is 1.32. The summed E-state index contributed by atoms with van der Waals surface area (Å²) in [5.74, 6) is -0.553. The van der Waals surface area contributed by atoms with E-state index in [1.54, 1.807) is 0 Å². The topological polar surface area (TPSA) is 34.9 Å². The average Bonchev–Trinajstić information content (AvgIpc) is 1.93. The second-order valence-electron chi connectivity index (χ2n) is 2.05. The van der Waals surface area contributed by atoms with E-state index >= 15 is 0 Å². The van der Waals surface area contributed by atoms with E-state index in [1.807, 2.05) is 0 Å². The van der Waals surface area contributed by atoms with Gasteiger partial charge in [0.25, 0.3) is 5.56 Å². The zero-order valence-corrected chi connectivity index (χ0v) is 5.76. The minimum atomic E-state index is -0.553. The third-order valence-corrected chi connectivity index (χ3v) is 1.32. The van der Waals surface area contributed by atoms with Crippen LogP contribution in [0.25, 0.3) is 0 Å². The number of aromatic nitrogens is 2. The zero-order chi connectivity index (χ0) is 7.72. The number of rotatable bonds is 0.